The van der Waals surface area contributed by atoms with Gasteiger partial charge in [0.2, 0.25) is 5.91 Å². The van der Waals surface area contributed by atoms with Gasteiger partial charge in [-0.3, -0.25) is 19.7 Å². The van der Waals surface area contributed by atoms with E-state index in [1.165, 1.54) is 15.8 Å². The summed E-state index contributed by atoms with van der Waals surface area (Å²) in [6, 6.07) is 11.2. The largest absolute Gasteiger partial charge is 0.330 e. The fraction of sp³-hybridized carbons (Fsp3) is 0.280. The Labute approximate surface area is 217 Å². The first kappa shape index (κ1) is 25.2. The van der Waals surface area contributed by atoms with Crippen molar-refractivity contribution in [2.24, 2.45) is 0 Å². The summed E-state index contributed by atoms with van der Waals surface area (Å²) in [5, 5.41) is 14.3. The Balaban J connectivity index is 1.62. The maximum Gasteiger partial charge on any atom is 0.273 e. The first-order valence-electron chi connectivity index (χ1n) is 11.1. The number of aryl methyl sites for hydroxylation is 1. The highest BCUT2D eigenvalue weighted by Crippen LogP contribution is 2.41. The molecule has 0 bridgehead atoms. The number of carbonyl (C=O) groups excluding carboxylic acids is 2. The molecule has 7 nitrogen and oxygen atoms in total. The fourth-order valence-electron chi connectivity index (χ4n) is 4.35. The van der Waals surface area contributed by atoms with Crippen molar-refractivity contribution in [1.29, 1.82) is 0 Å². The number of benzene rings is 2. The first-order valence-corrected chi connectivity index (χ1v) is 12.7. The molecule has 1 aromatic heterocycles. The SMILES string of the molecule is CCN(CC(=O)N1CCc2sccc2C1c1ccc(Cl)cc1Cl)C(=O)c1ccc(C)c([N+](=O)[O-])c1. The Hall–Kier alpha value is -2.94. The van der Waals surface area contributed by atoms with Crippen molar-refractivity contribution in [2.75, 3.05) is 19.6 Å². The van der Waals surface area contributed by atoms with Crippen molar-refractivity contribution >= 4 is 52.0 Å². The average molecular weight is 532 g/mol. The molecule has 1 atom stereocenters. The highest BCUT2D eigenvalue weighted by atomic mass is 35.5. The molecule has 182 valence electrons. The van der Waals surface area contributed by atoms with Crippen LogP contribution in [0.25, 0.3) is 0 Å². The number of nitrogens with zero attached hydrogens (tertiary/aromatic N) is 3. The molecule has 2 aromatic carbocycles. The quantitative estimate of drug-likeness (QED) is 0.292. The van der Waals surface area contributed by atoms with Crippen LogP contribution in [-0.4, -0.2) is 46.2 Å². The molecule has 1 aliphatic heterocycles. The fourth-order valence-corrected chi connectivity index (χ4v) is 5.76. The molecule has 0 N–H and O–H groups in total. The van der Waals surface area contributed by atoms with Crippen molar-refractivity contribution in [3.63, 3.8) is 0 Å². The zero-order valence-electron chi connectivity index (χ0n) is 19.2. The molecular formula is C25H23Cl2N3O4S. The van der Waals surface area contributed by atoms with Gasteiger partial charge in [-0.2, -0.15) is 0 Å². The van der Waals surface area contributed by atoms with Crippen molar-refractivity contribution in [3.05, 3.63) is 95.1 Å². The van der Waals surface area contributed by atoms with Crippen LogP contribution in [0.2, 0.25) is 10.0 Å². The maximum atomic E-state index is 13.6. The Morgan fingerprint density at radius 3 is 2.63 bits per heavy atom. The summed E-state index contributed by atoms with van der Waals surface area (Å²) in [6.07, 6.45) is 0.713. The van der Waals surface area contributed by atoms with Crippen LogP contribution < -0.4 is 0 Å². The standard InChI is InChI=1S/C25H23Cl2N3O4S/c1-3-28(25(32)16-5-4-15(2)21(12-16)30(33)34)14-23(31)29-10-8-22-19(9-11-35-22)24(29)18-7-6-17(26)13-20(18)27/h4-7,9,11-13,24H,3,8,10,14H2,1-2H3. The van der Waals surface area contributed by atoms with Crippen LogP contribution in [-0.2, 0) is 11.2 Å². The van der Waals surface area contributed by atoms with Gasteiger partial charge in [0.25, 0.3) is 11.6 Å². The molecule has 4 rings (SSSR count). The van der Waals surface area contributed by atoms with Gasteiger partial charge >= 0.3 is 0 Å². The van der Waals surface area contributed by atoms with E-state index in [1.807, 2.05) is 17.5 Å². The molecule has 10 heteroatoms. The third-order valence-electron chi connectivity index (χ3n) is 6.19. The van der Waals surface area contributed by atoms with Gasteiger partial charge < -0.3 is 9.80 Å². The first-order chi connectivity index (χ1) is 16.7. The van der Waals surface area contributed by atoms with E-state index in [9.17, 15) is 19.7 Å². The summed E-state index contributed by atoms with van der Waals surface area (Å²) in [4.78, 5) is 41.9. The molecule has 0 fully saturated rings. The summed E-state index contributed by atoms with van der Waals surface area (Å²) >= 11 is 14.3. The number of hydrogen-bond acceptors (Lipinski definition) is 5. The Morgan fingerprint density at radius 1 is 1.17 bits per heavy atom. The molecule has 3 aromatic rings. The lowest BCUT2D eigenvalue weighted by atomic mass is 9.93. The zero-order chi connectivity index (χ0) is 25.3. The van der Waals surface area contributed by atoms with Gasteiger partial charge in [-0.25, -0.2) is 0 Å². The van der Waals surface area contributed by atoms with E-state index in [2.05, 4.69) is 0 Å². The predicted octanol–water partition coefficient (Wildman–Crippen LogP) is 5.91. The minimum atomic E-state index is -0.514. The summed E-state index contributed by atoms with van der Waals surface area (Å²) in [5.41, 5.74) is 2.30. The van der Waals surface area contributed by atoms with Crippen LogP contribution in [0, 0.1) is 17.0 Å². The average Bonchev–Trinajstić information content (AvgIpc) is 3.31. The highest BCUT2D eigenvalue weighted by molar-refractivity contribution is 7.10. The number of hydrogen-bond donors (Lipinski definition) is 0. The minimum absolute atomic E-state index is 0.128. The van der Waals surface area contributed by atoms with Gasteiger partial charge in [0.15, 0.2) is 0 Å². The van der Waals surface area contributed by atoms with Crippen LogP contribution in [0.1, 0.15) is 44.9 Å². The van der Waals surface area contributed by atoms with Crippen molar-refractivity contribution in [2.45, 2.75) is 26.3 Å². The molecule has 2 amide bonds. The summed E-state index contributed by atoms with van der Waals surface area (Å²) < 4.78 is 0. The molecule has 0 saturated heterocycles. The van der Waals surface area contributed by atoms with Gasteiger partial charge in [-0.05, 0) is 61.0 Å². The number of carbonyl (C=O) groups is 2. The van der Waals surface area contributed by atoms with Crippen LogP contribution in [0.15, 0.2) is 47.8 Å². The molecule has 1 unspecified atom stereocenters. The van der Waals surface area contributed by atoms with E-state index in [0.717, 1.165) is 11.1 Å². The normalized spacial score (nSPS) is 15.0. The number of thiophene rings is 1. The van der Waals surface area contributed by atoms with E-state index >= 15 is 0 Å². The van der Waals surface area contributed by atoms with E-state index < -0.39 is 16.9 Å². The third-order valence-corrected chi connectivity index (χ3v) is 7.75. The molecular weight excluding hydrogens is 509 g/mol. The van der Waals surface area contributed by atoms with Gasteiger partial charge in [0.1, 0.15) is 6.54 Å². The second-order valence-corrected chi connectivity index (χ2v) is 10.1. The van der Waals surface area contributed by atoms with Gasteiger partial charge in [-0.1, -0.05) is 35.3 Å². The number of likely N-dealkylation sites (N-methyl/N-ethyl adjacent to an activating group) is 1. The van der Waals surface area contributed by atoms with Gasteiger partial charge in [0.05, 0.1) is 11.0 Å². The van der Waals surface area contributed by atoms with E-state index in [4.69, 9.17) is 23.2 Å². The Kier molecular flexibility index (Phi) is 7.44. The third kappa shape index (κ3) is 5.05. The smallest absolute Gasteiger partial charge is 0.273 e. The number of amides is 2. The zero-order valence-corrected chi connectivity index (χ0v) is 21.5. The number of nitro groups is 1. The second kappa shape index (κ2) is 10.4. The van der Waals surface area contributed by atoms with E-state index in [1.54, 1.807) is 54.3 Å². The molecule has 35 heavy (non-hydrogen) atoms. The van der Waals surface area contributed by atoms with Gasteiger partial charge in [-0.15, -0.1) is 11.3 Å². The number of nitro benzene ring substituents is 1. The molecule has 0 aliphatic carbocycles. The highest BCUT2D eigenvalue weighted by Gasteiger charge is 2.35. The minimum Gasteiger partial charge on any atom is -0.330 e. The van der Waals surface area contributed by atoms with Crippen molar-refractivity contribution < 1.29 is 14.5 Å². The Morgan fingerprint density at radius 2 is 1.94 bits per heavy atom. The summed E-state index contributed by atoms with van der Waals surface area (Å²) in [6.45, 7) is 3.99. The monoisotopic (exact) mass is 531 g/mol. The molecule has 1 aliphatic rings. The summed E-state index contributed by atoms with van der Waals surface area (Å²) in [7, 11) is 0. The van der Waals surface area contributed by atoms with E-state index in [-0.39, 0.29) is 30.2 Å². The topological polar surface area (TPSA) is 83.8 Å². The van der Waals surface area contributed by atoms with Crippen molar-refractivity contribution in [1.82, 2.24) is 9.80 Å². The van der Waals surface area contributed by atoms with E-state index in [0.29, 0.717) is 28.6 Å². The van der Waals surface area contributed by atoms with Crippen LogP contribution in [0.5, 0.6) is 0 Å². The van der Waals surface area contributed by atoms with Crippen LogP contribution >= 0.6 is 34.5 Å². The predicted molar refractivity (Wildman–Crippen MR) is 137 cm³/mol. The van der Waals surface area contributed by atoms with Crippen LogP contribution in [0.3, 0.4) is 0 Å². The second-order valence-electron chi connectivity index (χ2n) is 8.28. The number of fused-ring (bicyclic) bond motifs is 1. The van der Waals surface area contributed by atoms with Crippen LogP contribution in [0.4, 0.5) is 5.69 Å². The maximum absolute atomic E-state index is 13.6. The molecule has 0 saturated carbocycles. The molecule has 0 radical (unpaired) electrons. The molecule has 2 heterocycles. The lowest BCUT2D eigenvalue weighted by molar-refractivity contribution is -0.385. The lowest BCUT2D eigenvalue weighted by Gasteiger charge is -2.38. The Bertz CT molecular complexity index is 1310. The summed E-state index contributed by atoms with van der Waals surface area (Å²) in [5.74, 6) is -0.659. The van der Waals surface area contributed by atoms with Gasteiger partial charge in [0, 0.05) is 45.2 Å². The molecule has 0 spiro atoms. The number of rotatable bonds is 6. The number of halogens is 2. The lowest BCUT2D eigenvalue weighted by Crippen LogP contribution is -2.46. The van der Waals surface area contributed by atoms with Crippen molar-refractivity contribution in [3.8, 4) is 0 Å².